The van der Waals surface area contributed by atoms with Gasteiger partial charge in [0.05, 0.1) is 17.1 Å². The molecule has 2 rings (SSSR count). The Bertz CT molecular complexity index is 505. The van der Waals surface area contributed by atoms with Gasteiger partial charge in [-0.1, -0.05) is 0 Å². The molecule has 17 heavy (non-hydrogen) atoms. The minimum Gasteiger partial charge on any atom is -0.394 e. The average Bonchev–Trinajstić information content (AvgIpc) is 3.10. The summed E-state index contributed by atoms with van der Waals surface area (Å²) in [5.74, 6) is 0.282. The van der Waals surface area contributed by atoms with Gasteiger partial charge < -0.3 is 10.4 Å². The predicted molar refractivity (Wildman–Crippen MR) is 58.3 cm³/mol. The maximum atomic E-state index is 10.5. The van der Waals surface area contributed by atoms with E-state index >= 15 is 0 Å². The molecule has 0 aliphatic heterocycles. The van der Waals surface area contributed by atoms with Gasteiger partial charge in [0, 0.05) is 6.07 Å². The van der Waals surface area contributed by atoms with Gasteiger partial charge in [-0.3, -0.25) is 10.1 Å². The van der Waals surface area contributed by atoms with Gasteiger partial charge in [0.25, 0.3) is 5.69 Å². The van der Waals surface area contributed by atoms with Crippen LogP contribution in [0.4, 0.5) is 11.5 Å². The summed E-state index contributed by atoms with van der Waals surface area (Å²) in [7, 11) is 0. The highest BCUT2D eigenvalue weighted by atomic mass is 16.6. The van der Waals surface area contributed by atoms with Gasteiger partial charge in [0.2, 0.25) is 0 Å². The third kappa shape index (κ3) is 2.16. The minimum atomic E-state index is -0.601. The van der Waals surface area contributed by atoms with Gasteiger partial charge in [-0.25, -0.2) is 4.98 Å². The smallest absolute Gasteiger partial charge is 0.289 e. The highest BCUT2D eigenvalue weighted by Crippen LogP contribution is 2.38. The van der Waals surface area contributed by atoms with Crippen molar-refractivity contribution in [1.29, 1.82) is 5.26 Å². The van der Waals surface area contributed by atoms with Crippen molar-refractivity contribution < 1.29 is 10.0 Å². The number of aliphatic hydroxyl groups is 1. The van der Waals surface area contributed by atoms with Gasteiger partial charge in [-0.15, -0.1) is 0 Å². The van der Waals surface area contributed by atoms with Crippen molar-refractivity contribution in [3.05, 3.63) is 27.9 Å². The standard InChI is InChI=1S/C10H10N4O3/c11-4-7-3-8(14(16)17)5-12-9(7)13-10(6-15)1-2-10/h3,5,15H,1-2,6H2,(H,12,13). The van der Waals surface area contributed by atoms with Crippen LogP contribution in [-0.4, -0.2) is 27.2 Å². The van der Waals surface area contributed by atoms with Crippen LogP contribution in [0.2, 0.25) is 0 Å². The topological polar surface area (TPSA) is 112 Å². The Morgan fingerprint density at radius 3 is 2.88 bits per heavy atom. The summed E-state index contributed by atoms with van der Waals surface area (Å²) in [6.45, 7) is -0.0451. The van der Waals surface area contributed by atoms with Crippen molar-refractivity contribution in [2.24, 2.45) is 0 Å². The van der Waals surface area contributed by atoms with Crippen LogP contribution in [0.3, 0.4) is 0 Å². The van der Waals surface area contributed by atoms with Gasteiger partial charge >= 0.3 is 0 Å². The molecule has 0 spiro atoms. The highest BCUT2D eigenvalue weighted by molar-refractivity contribution is 5.57. The van der Waals surface area contributed by atoms with E-state index in [2.05, 4.69) is 10.3 Å². The van der Waals surface area contributed by atoms with Crippen molar-refractivity contribution in [1.82, 2.24) is 4.98 Å². The second-order valence-corrected chi connectivity index (χ2v) is 4.02. The first-order chi connectivity index (χ1) is 8.10. The number of nitrogens with one attached hydrogen (secondary N) is 1. The van der Waals surface area contributed by atoms with Crippen molar-refractivity contribution in [3.8, 4) is 6.07 Å². The van der Waals surface area contributed by atoms with Crippen molar-refractivity contribution in [2.75, 3.05) is 11.9 Å². The minimum absolute atomic E-state index is 0.0451. The fourth-order valence-corrected chi connectivity index (χ4v) is 1.46. The van der Waals surface area contributed by atoms with Gasteiger partial charge in [-0.2, -0.15) is 5.26 Å². The Hall–Kier alpha value is -2.20. The number of hydrogen-bond acceptors (Lipinski definition) is 6. The lowest BCUT2D eigenvalue weighted by Crippen LogP contribution is -2.26. The lowest BCUT2D eigenvalue weighted by atomic mass is 10.2. The summed E-state index contributed by atoms with van der Waals surface area (Å²) in [5, 5.41) is 31.5. The molecule has 88 valence electrons. The van der Waals surface area contributed by atoms with E-state index in [-0.39, 0.29) is 23.7 Å². The van der Waals surface area contributed by atoms with E-state index in [0.717, 1.165) is 19.0 Å². The molecule has 7 heteroatoms. The first-order valence-corrected chi connectivity index (χ1v) is 5.04. The second kappa shape index (κ2) is 3.99. The summed E-state index contributed by atoms with van der Waals surface area (Å²) >= 11 is 0. The van der Waals surface area contributed by atoms with Crippen molar-refractivity contribution >= 4 is 11.5 Å². The molecule has 0 radical (unpaired) electrons. The summed E-state index contributed by atoms with van der Waals surface area (Å²) < 4.78 is 0. The SMILES string of the molecule is N#Cc1cc([N+](=O)[O-])cnc1NC1(CO)CC1. The number of aliphatic hydroxyl groups excluding tert-OH is 1. The maximum Gasteiger partial charge on any atom is 0.289 e. The lowest BCUT2D eigenvalue weighted by molar-refractivity contribution is -0.385. The van der Waals surface area contributed by atoms with Gasteiger partial charge in [0.15, 0.2) is 0 Å². The van der Waals surface area contributed by atoms with Crippen LogP contribution in [0, 0.1) is 21.4 Å². The highest BCUT2D eigenvalue weighted by Gasteiger charge is 2.42. The van der Waals surface area contributed by atoms with Crippen LogP contribution in [0.1, 0.15) is 18.4 Å². The van der Waals surface area contributed by atoms with E-state index in [1.807, 2.05) is 6.07 Å². The van der Waals surface area contributed by atoms with Crippen LogP contribution >= 0.6 is 0 Å². The summed E-state index contributed by atoms with van der Waals surface area (Å²) in [6, 6.07) is 3.02. The van der Waals surface area contributed by atoms with Crippen molar-refractivity contribution in [2.45, 2.75) is 18.4 Å². The van der Waals surface area contributed by atoms with E-state index < -0.39 is 10.5 Å². The molecule has 0 amide bonds. The molecule has 1 aliphatic rings. The maximum absolute atomic E-state index is 10.5. The molecular weight excluding hydrogens is 224 g/mol. The fourth-order valence-electron chi connectivity index (χ4n) is 1.46. The van der Waals surface area contributed by atoms with Crippen LogP contribution in [0.25, 0.3) is 0 Å². The molecule has 1 saturated carbocycles. The van der Waals surface area contributed by atoms with Crippen LogP contribution in [0.5, 0.6) is 0 Å². The zero-order valence-electron chi connectivity index (χ0n) is 8.88. The Morgan fingerprint density at radius 2 is 2.41 bits per heavy atom. The Kier molecular flexibility index (Phi) is 2.65. The fraction of sp³-hybridized carbons (Fsp3) is 0.400. The zero-order chi connectivity index (χ0) is 12.5. The molecule has 0 bridgehead atoms. The summed E-state index contributed by atoms with van der Waals surface area (Å²) in [5.41, 5.74) is -0.519. The largest absolute Gasteiger partial charge is 0.394 e. The average molecular weight is 234 g/mol. The third-order valence-electron chi connectivity index (χ3n) is 2.74. The second-order valence-electron chi connectivity index (χ2n) is 4.02. The quantitative estimate of drug-likeness (QED) is 0.588. The monoisotopic (exact) mass is 234 g/mol. The van der Waals surface area contributed by atoms with Crippen LogP contribution in [0.15, 0.2) is 12.3 Å². The van der Waals surface area contributed by atoms with Crippen molar-refractivity contribution in [3.63, 3.8) is 0 Å². The normalized spacial score (nSPS) is 16.0. The van der Waals surface area contributed by atoms with Gasteiger partial charge in [0.1, 0.15) is 23.6 Å². The number of pyridine rings is 1. The van der Waals surface area contributed by atoms with E-state index in [0.29, 0.717) is 0 Å². The first kappa shape index (κ1) is 11.3. The van der Waals surface area contributed by atoms with E-state index in [9.17, 15) is 10.1 Å². The molecule has 1 aromatic heterocycles. The number of anilines is 1. The molecule has 7 nitrogen and oxygen atoms in total. The molecule has 1 aromatic rings. The number of nitriles is 1. The molecule has 0 atom stereocenters. The van der Waals surface area contributed by atoms with E-state index in [1.54, 1.807) is 0 Å². The summed E-state index contributed by atoms with van der Waals surface area (Å²) in [4.78, 5) is 13.8. The summed E-state index contributed by atoms with van der Waals surface area (Å²) in [6.07, 6.45) is 2.69. The molecule has 0 unspecified atom stereocenters. The first-order valence-electron chi connectivity index (χ1n) is 5.04. The number of aromatic nitrogens is 1. The molecule has 1 aliphatic carbocycles. The Balaban J connectivity index is 2.29. The lowest BCUT2D eigenvalue weighted by Gasteiger charge is -2.15. The Morgan fingerprint density at radius 1 is 1.71 bits per heavy atom. The molecular formula is C10H10N4O3. The molecule has 2 N–H and O–H groups in total. The van der Waals surface area contributed by atoms with Crippen LogP contribution < -0.4 is 5.32 Å². The molecule has 0 aromatic carbocycles. The predicted octanol–water partition coefficient (Wildman–Crippen LogP) is 0.798. The number of nitro groups is 1. The molecule has 1 fully saturated rings. The third-order valence-corrected chi connectivity index (χ3v) is 2.74. The van der Waals surface area contributed by atoms with Crippen LogP contribution in [-0.2, 0) is 0 Å². The van der Waals surface area contributed by atoms with E-state index in [4.69, 9.17) is 10.4 Å². The number of rotatable bonds is 4. The van der Waals surface area contributed by atoms with E-state index in [1.165, 1.54) is 6.07 Å². The Labute approximate surface area is 96.9 Å². The van der Waals surface area contributed by atoms with Gasteiger partial charge in [-0.05, 0) is 12.8 Å². The molecule has 1 heterocycles. The number of hydrogen-bond donors (Lipinski definition) is 2. The zero-order valence-corrected chi connectivity index (χ0v) is 8.88. The molecule has 0 saturated heterocycles. The number of nitrogens with zero attached hydrogens (tertiary/aromatic N) is 3.